The summed E-state index contributed by atoms with van der Waals surface area (Å²) in [5.41, 5.74) is 0. The maximum absolute atomic E-state index is 3.21. The van der Waals surface area contributed by atoms with Gasteiger partial charge in [-0.05, 0) is 18.1 Å². The second-order valence-electron chi connectivity index (χ2n) is 3.26. The molecule has 0 aromatic heterocycles. The van der Waals surface area contributed by atoms with E-state index in [-0.39, 0.29) is 0 Å². The van der Waals surface area contributed by atoms with Gasteiger partial charge >= 0.3 is 30.0 Å². The zero-order valence-corrected chi connectivity index (χ0v) is 14.2. The summed E-state index contributed by atoms with van der Waals surface area (Å²) in [4.78, 5) is 1.26. The molecule has 1 aromatic carbocycles. The van der Waals surface area contributed by atoms with Crippen molar-refractivity contribution in [1.82, 2.24) is 0 Å². The molecule has 0 saturated heterocycles. The van der Waals surface area contributed by atoms with Crippen LogP contribution in [0.4, 0.5) is 0 Å². The van der Waals surface area contributed by atoms with Crippen molar-refractivity contribution in [2.45, 2.75) is 25.2 Å². The molecule has 0 aliphatic heterocycles. The number of hydrogen-bond acceptors (Lipinski definition) is 1. The molecule has 74 valence electrons. The molecule has 0 amide bonds. The molecule has 0 spiro atoms. The van der Waals surface area contributed by atoms with Gasteiger partial charge in [-0.1, -0.05) is 13.8 Å². The fourth-order valence-corrected chi connectivity index (χ4v) is 2.01. The van der Waals surface area contributed by atoms with Crippen LogP contribution in [-0.2, 0) is 16.3 Å². The molecule has 14 heavy (non-hydrogen) atoms. The SMILES string of the molecule is CC(C)CCSc1[c-]cccc1.[Zn+][Br]. The van der Waals surface area contributed by atoms with E-state index in [1.807, 2.05) is 23.9 Å². The summed E-state index contributed by atoms with van der Waals surface area (Å²) in [6, 6.07) is 11.4. The van der Waals surface area contributed by atoms with E-state index in [4.69, 9.17) is 0 Å². The van der Waals surface area contributed by atoms with Gasteiger partial charge in [-0.3, -0.25) is 0 Å². The van der Waals surface area contributed by atoms with Crippen molar-refractivity contribution >= 4 is 25.4 Å². The minimum absolute atomic E-state index is 0.807. The molecule has 0 N–H and O–H groups in total. The van der Waals surface area contributed by atoms with Crippen molar-refractivity contribution in [2.24, 2.45) is 5.92 Å². The summed E-state index contributed by atoms with van der Waals surface area (Å²) in [6.45, 7) is 4.52. The summed E-state index contributed by atoms with van der Waals surface area (Å²) < 4.78 is 0. The Morgan fingerprint density at radius 1 is 1.43 bits per heavy atom. The second kappa shape index (κ2) is 10.2. The number of halogens is 1. The number of thioether (sulfide) groups is 1. The molecule has 0 bridgehead atoms. The predicted molar refractivity (Wildman–Crippen MR) is 64.4 cm³/mol. The maximum atomic E-state index is 3.21. The summed E-state index contributed by atoms with van der Waals surface area (Å²) in [7, 11) is 0. The number of hydrogen-bond donors (Lipinski definition) is 0. The van der Waals surface area contributed by atoms with Gasteiger partial charge in [-0.2, -0.15) is 42.1 Å². The molecule has 0 unspecified atom stereocenters. The Morgan fingerprint density at radius 3 is 2.64 bits per heavy atom. The molecule has 3 heteroatoms. The van der Waals surface area contributed by atoms with E-state index in [1.165, 1.54) is 33.4 Å². The molecule has 0 atom stereocenters. The normalized spacial score (nSPS) is 9.57. The first kappa shape index (κ1) is 14.7. The van der Waals surface area contributed by atoms with Crippen LogP contribution in [-0.4, -0.2) is 5.75 Å². The van der Waals surface area contributed by atoms with E-state index in [2.05, 4.69) is 45.7 Å². The van der Waals surface area contributed by atoms with Gasteiger partial charge in [0.15, 0.2) is 0 Å². The van der Waals surface area contributed by atoms with Gasteiger partial charge in [0.05, 0.1) is 0 Å². The fraction of sp³-hybridized carbons (Fsp3) is 0.455. The van der Waals surface area contributed by atoms with Crippen molar-refractivity contribution in [3.05, 3.63) is 30.3 Å². The summed E-state index contributed by atoms with van der Waals surface area (Å²) in [6.07, 6.45) is 1.29. The monoisotopic (exact) mass is 322 g/mol. The Balaban J connectivity index is 0.000000791. The summed E-state index contributed by atoms with van der Waals surface area (Å²) >= 11 is 6.14. The van der Waals surface area contributed by atoms with Gasteiger partial charge in [0, 0.05) is 0 Å². The molecule has 0 nitrogen and oxygen atoms in total. The van der Waals surface area contributed by atoms with E-state index in [1.54, 1.807) is 0 Å². The van der Waals surface area contributed by atoms with E-state index < -0.39 is 0 Å². The van der Waals surface area contributed by atoms with Gasteiger partial charge in [-0.25, -0.2) is 0 Å². The fourth-order valence-electron chi connectivity index (χ4n) is 0.871. The van der Waals surface area contributed by atoms with Crippen molar-refractivity contribution in [3.8, 4) is 0 Å². The van der Waals surface area contributed by atoms with E-state index in [0.717, 1.165) is 5.92 Å². The van der Waals surface area contributed by atoms with Crippen molar-refractivity contribution < 1.29 is 16.3 Å². The van der Waals surface area contributed by atoms with E-state index in [0.29, 0.717) is 0 Å². The zero-order chi connectivity index (χ0) is 10.8. The van der Waals surface area contributed by atoms with Crippen LogP contribution in [0.25, 0.3) is 0 Å². The summed E-state index contributed by atoms with van der Waals surface area (Å²) in [5.74, 6) is 2.01. The minimum atomic E-state index is 0.807. The third-order valence-electron chi connectivity index (χ3n) is 1.63. The first-order valence-electron chi connectivity index (χ1n) is 4.65. The Bertz CT molecular complexity index is 214. The van der Waals surface area contributed by atoms with Gasteiger partial charge < -0.3 is 0 Å². The van der Waals surface area contributed by atoms with E-state index >= 15 is 0 Å². The van der Waals surface area contributed by atoms with Gasteiger partial charge in [-0.15, -0.1) is 4.90 Å². The standard InChI is InChI=1S/C11H15S.BrH.Zn/c1-10(2)8-9-12-11-6-4-3-5-7-11;;/h3-6,10H,8-9H2,1-2H3;1H;/q-1;;+2/p-1. The molecular formula is C11H15BrSZn. The average molecular weight is 325 g/mol. The van der Waals surface area contributed by atoms with Crippen molar-refractivity contribution in [3.63, 3.8) is 0 Å². The van der Waals surface area contributed by atoms with Crippen LogP contribution in [0.3, 0.4) is 0 Å². The van der Waals surface area contributed by atoms with Crippen LogP contribution in [0, 0.1) is 12.0 Å². The summed E-state index contributed by atoms with van der Waals surface area (Å²) in [5, 5.41) is 0. The molecule has 0 heterocycles. The van der Waals surface area contributed by atoms with Crippen LogP contribution >= 0.6 is 25.4 Å². The van der Waals surface area contributed by atoms with Crippen LogP contribution in [0.15, 0.2) is 29.2 Å². The molecule has 1 aromatic rings. The third kappa shape index (κ3) is 8.02. The molecular weight excluding hydrogens is 309 g/mol. The van der Waals surface area contributed by atoms with Crippen LogP contribution in [0.1, 0.15) is 20.3 Å². The van der Waals surface area contributed by atoms with Gasteiger partial charge in [0.25, 0.3) is 0 Å². The van der Waals surface area contributed by atoms with Crippen LogP contribution in [0.2, 0.25) is 0 Å². The Kier molecular flexibility index (Phi) is 10.7. The average Bonchev–Trinajstić information content (AvgIpc) is 2.22. The Morgan fingerprint density at radius 2 is 2.14 bits per heavy atom. The van der Waals surface area contributed by atoms with E-state index in [9.17, 15) is 0 Å². The van der Waals surface area contributed by atoms with Crippen molar-refractivity contribution in [2.75, 3.05) is 5.75 Å². The number of benzene rings is 1. The van der Waals surface area contributed by atoms with Crippen LogP contribution < -0.4 is 0 Å². The van der Waals surface area contributed by atoms with Gasteiger partial charge in [0.2, 0.25) is 0 Å². The molecule has 0 aliphatic rings. The first-order chi connectivity index (χ1) is 6.79. The molecule has 1 rings (SSSR count). The number of rotatable bonds is 4. The molecule has 0 fully saturated rings. The third-order valence-corrected chi connectivity index (χ3v) is 2.64. The molecule has 0 aliphatic carbocycles. The quantitative estimate of drug-likeness (QED) is 0.447. The first-order valence-corrected chi connectivity index (χ1v) is 12.6. The molecule has 0 radical (unpaired) electrons. The Hall–Kier alpha value is 0.673. The zero-order valence-electron chi connectivity index (χ0n) is 8.79. The van der Waals surface area contributed by atoms with Crippen LogP contribution in [0.5, 0.6) is 0 Å². The van der Waals surface area contributed by atoms with Crippen molar-refractivity contribution in [1.29, 1.82) is 0 Å². The second-order valence-corrected chi connectivity index (χ2v) is 4.39. The molecule has 0 saturated carbocycles. The van der Waals surface area contributed by atoms with Gasteiger partial charge in [0.1, 0.15) is 0 Å². The topological polar surface area (TPSA) is 0 Å². The Labute approximate surface area is 108 Å². The predicted octanol–water partition coefficient (Wildman–Crippen LogP) is 4.47.